The van der Waals surface area contributed by atoms with E-state index >= 15 is 0 Å². The number of aliphatic imine (C=N–C) groups is 1. The summed E-state index contributed by atoms with van der Waals surface area (Å²) in [5, 5.41) is 3.30. The molecule has 0 aliphatic heterocycles. The van der Waals surface area contributed by atoms with Gasteiger partial charge in [0, 0.05) is 31.0 Å². The van der Waals surface area contributed by atoms with E-state index in [1.165, 1.54) is 27.8 Å². The number of halogens is 2. The molecule has 0 fully saturated rings. The maximum Gasteiger partial charge on any atom is 0.0976 e. The summed E-state index contributed by atoms with van der Waals surface area (Å²) >= 11 is 1.73. The molecule has 0 bridgehead atoms. The van der Waals surface area contributed by atoms with E-state index in [-0.39, 0.29) is 24.8 Å². The minimum atomic E-state index is 0. The third kappa shape index (κ3) is 6.56. The largest absolute Gasteiger partial charge is 0.366 e. The fourth-order valence-electron chi connectivity index (χ4n) is 2.84. The molecule has 0 amide bonds. The van der Waals surface area contributed by atoms with Gasteiger partial charge in [-0.05, 0) is 50.5 Å². The van der Waals surface area contributed by atoms with Crippen LogP contribution in [-0.2, 0) is 6.42 Å². The van der Waals surface area contributed by atoms with Crippen molar-refractivity contribution >= 4 is 48.2 Å². The van der Waals surface area contributed by atoms with E-state index in [1.807, 2.05) is 13.4 Å². The van der Waals surface area contributed by atoms with Crippen molar-refractivity contribution in [2.75, 3.05) is 13.6 Å². The highest BCUT2D eigenvalue weighted by Gasteiger charge is 2.09. The number of nitrogens with zero attached hydrogens (tertiary/aromatic N) is 3. The summed E-state index contributed by atoms with van der Waals surface area (Å²) in [5.74, 6) is 0. The minimum Gasteiger partial charge on any atom is -0.366 e. The van der Waals surface area contributed by atoms with Gasteiger partial charge in [-0.3, -0.25) is 0 Å². The molecule has 0 aliphatic carbocycles. The van der Waals surface area contributed by atoms with Gasteiger partial charge < -0.3 is 4.90 Å². The lowest BCUT2D eigenvalue weighted by molar-refractivity contribution is 0.552. The van der Waals surface area contributed by atoms with E-state index in [0.29, 0.717) is 0 Å². The van der Waals surface area contributed by atoms with Crippen LogP contribution in [0.15, 0.2) is 46.8 Å². The number of aromatic nitrogens is 1. The molecule has 0 spiro atoms. The van der Waals surface area contributed by atoms with Crippen molar-refractivity contribution < 1.29 is 0 Å². The molecule has 3 rings (SSSR count). The second kappa shape index (κ2) is 11.3. The zero-order valence-electron chi connectivity index (χ0n) is 17.6. The van der Waals surface area contributed by atoms with Crippen molar-refractivity contribution in [3.63, 3.8) is 0 Å². The molecule has 0 saturated carbocycles. The molecular formula is C23H29Cl2N3S. The molecular weight excluding hydrogens is 421 g/mol. The van der Waals surface area contributed by atoms with Crippen LogP contribution in [0.3, 0.4) is 0 Å². The van der Waals surface area contributed by atoms with Gasteiger partial charge >= 0.3 is 0 Å². The van der Waals surface area contributed by atoms with E-state index in [1.54, 1.807) is 11.3 Å². The number of rotatable bonds is 6. The van der Waals surface area contributed by atoms with Gasteiger partial charge in [-0.15, -0.1) is 36.2 Å². The van der Waals surface area contributed by atoms with Crippen molar-refractivity contribution in [3.05, 3.63) is 69.0 Å². The fourth-order valence-corrected chi connectivity index (χ4v) is 3.67. The van der Waals surface area contributed by atoms with Crippen LogP contribution in [-0.4, -0.2) is 29.8 Å². The first-order valence-electron chi connectivity index (χ1n) is 9.32. The van der Waals surface area contributed by atoms with Gasteiger partial charge in [-0.1, -0.05) is 35.9 Å². The van der Waals surface area contributed by atoms with Crippen LogP contribution in [0.4, 0.5) is 5.69 Å². The lowest BCUT2D eigenvalue weighted by Crippen LogP contribution is -2.14. The van der Waals surface area contributed by atoms with Gasteiger partial charge in [0.2, 0.25) is 0 Å². The molecule has 29 heavy (non-hydrogen) atoms. The van der Waals surface area contributed by atoms with Gasteiger partial charge in [0.1, 0.15) is 0 Å². The quantitative estimate of drug-likeness (QED) is 0.306. The maximum absolute atomic E-state index is 4.85. The Kier molecular flexibility index (Phi) is 9.84. The van der Waals surface area contributed by atoms with Crippen LogP contribution in [0.2, 0.25) is 0 Å². The predicted molar refractivity (Wildman–Crippen MR) is 132 cm³/mol. The molecule has 2 aromatic carbocycles. The Balaban J connectivity index is 0.00000210. The first kappa shape index (κ1) is 25.2. The molecule has 0 radical (unpaired) electrons. The zero-order valence-corrected chi connectivity index (χ0v) is 20.0. The first-order valence-corrected chi connectivity index (χ1v) is 10.2. The molecule has 0 unspecified atom stereocenters. The summed E-state index contributed by atoms with van der Waals surface area (Å²) < 4.78 is 0. The zero-order chi connectivity index (χ0) is 19.4. The summed E-state index contributed by atoms with van der Waals surface area (Å²) in [5.41, 5.74) is 8.34. The highest BCUT2D eigenvalue weighted by molar-refractivity contribution is 7.10. The smallest absolute Gasteiger partial charge is 0.0976 e. The Morgan fingerprint density at radius 1 is 1.03 bits per heavy atom. The monoisotopic (exact) mass is 449 g/mol. The molecule has 3 nitrogen and oxygen atoms in total. The second-order valence-electron chi connectivity index (χ2n) is 7.05. The van der Waals surface area contributed by atoms with Crippen molar-refractivity contribution in [1.29, 1.82) is 0 Å². The molecule has 3 aromatic rings. The predicted octanol–water partition coefficient (Wildman–Crippen LogP) is 6.78. The van der Waals surface area contributed by atoms with Gasteiger partial charge in [0.15, 0.2) is 0 Å². The summed E-state index contributed by atoms with van der Waals surface area (Å²) in [7, 11) is 2.04. The number of thiazole rings is 1. The average molecular weight is 450 g/mol. The van der Waals surface area contributed by atoms with Gasteiger partial charge in [-0.25, -0.2) is 9.98 Å². The highest BCUT2D eigenvalue weighted by atomic mass is 35.5. The number of hydrogen-bond acceptors (Lipinski definition) is 3. The van der Waals surface area contributed by atoms with Crippen LogP contribution in [0.25, 0.3) is 11.3 Å². The summed E-state index contributed by atoms with van der Waals surface area (Å²) in [4.78, 5) is 11.6. The number of aryl methyl sites for hydroxylation is 3. The Morgan fingerprint density at radius 2 is 1.72 bits per heavy atom. The fraction of sp³-hybridized carbons (Fsp3) is 0.304. The molecule has 0 aliphatic rings. The van der Waals surface area contributed by atoms with Crippen molar-refractivity contribution in [1.82, 2.24) is 9.88 Å². The standard InChI is InChI=1S/C23H27N3S.2ClH/c1-6-26(5)15-24-21-12-17(3)20(11-18(21)4)13-23-25-22(14-27-23)19-9-7-16(2)8-10-19;;/h7-12,14-15H,6,13H2,1-5H3;2*1H. The first-order chi connectivity index (χ1) is 13.0. The SMILES string of the molecule is CCN(C)C=Nc1cc(C)c(Cc2nc(-c3ccc(C)cc3)cs2)cc1C.Cl.Cl. The molecule has 6 heteroatoms. The van der Waals surface area contributed by atoms with Crippen LogP contribution >= 0.6 is 36.2 Å². The average Bonchev–Trinajstić information content (AvgIpc) is 3.12. The van der Waals surface area contributed by atoms with E-state index < -0.39 is 0 Å². The van der Waals surface area contributed by atoms with Gasteiger partial charge in [-0.2, -0.15) is 0 Å². The lowest BCUT2D eigenvalue weighted by atomic mass is 10.0. The van der Waals surface area contributed by atoms with E-state index in [4.69, 9.17) is 4.98 Å². The molecule has 0 N–H and O–H groups in total. The summed E-state index contributed by atoms with van der Waals surface area (Å²) in [6, 6.07) is 13.0. The number of benzene rings is 2. The van der Waals surface area contributed by atoms with Gasteiger partial charge in [0.25, 0.3) is 0 Å². The normalized spacial score (nSPS) is 10.5. The Morgan fingerprint density at radius 3 is 2.38 bits per heavy atom. The van der Waals surface area contributed by atoms with Crippen LogP contribution in [0.5, 0.6) is 0 Å². The van der Waals surface area contributed by atoms with E-state index in [2.05, 4.69) is 79.4 Å². The third-order valence-electron chi connectivity index (χ3n) is 4.79. The highest BCUT2D eigenvalue weighted by Crippen LogP contribution is 2.28. The Labute approximate surface area is 190 Å². The topological polar surface area (TPSA) is 28.5 Å². The van der Waals surface area contributed by atoms with E-state index in [9.17, 15) is 0 Å². The van der Waals surface area contributed by atoms with Crippen LogP contribution in [0.1, 0.15) is 34.2 Å². The maximum atomic E-state index is 4.85. The molecule has 1 heterocycles. The van der Waals surface area contributed by atoms with Crippen molar-refractivity contribution in [2.24, 2.45) is 4.99 Å². The van der Waals surface area contributed by atoms with Crippen LogP contribution < -0.4 is 0 Å². The molecule has 1 aromatic heterocycles. The number of hydrogen-bond donors (Lipinski definition) is 0. The van der Waals surface area contributed by atoms with E-state index in [0.717, 1.165) is 29.4 Å². The van der Waals surface area contributed by atoms with Crippen molar-refractivity contribution in [2.45, 2.75) is 34.1 Å². The van der Waals surface area contributed by atoms with Crippen LogP contribution in [0, 0.1) is 20.8 Å². The molecule has 0 atom stereocenters. The third-order valence-corrected chi connectivity index (χ3v) is 5.64. The Bertz CT molecular complexity index is 949. The minimum absolute atomic E-state index is 0. The molecule has 0 saturated heterocycles. The van der Waals surface area contributed by atoms with Gasteiger partial charge in [0.05, 0.1) is 22.7 Å². The Hall–Kier alpha value is -1.88. The second-order valence-corrected chi connectivity index (χ2v) is 7.99. The lowest BCUT2D eigenvalue weighted by Gasteiger charge is -2.11. The van der Waals surface area contributed by atoms with Crippen molar-refractivity contribution in [3.8, 4) is 11.3 Å². The summed E-state index contributed by atoms with van der Waals surface area (Å²) in [6.07, 6.45) is 2.76. The summed E-state index contributed by atoms with van der Waals surface area (Å²) in [6.45, 7) is 9.46. The molecule has 156 valence electrons.